The van der Waals surface area contributed by atoms with E-state index in [-0.39, 0.29) is 17.3 Å². The SMILES string of the molecule is CCOC(=O)c1sc(NC(=O)c2cccc(Cl)c2)nc1C(F)(F)F. The first kappa shape index (κ1) is 18.2. The summed E-state index contributed by atoms with van der Waals surface area (Å²) in [7, 11) is 0. The van der Waals surface area contributed by atoms with Gasteiger partial charge in [-0.1, -0.05) is 29.0 Å². The van der Waals surface area contributed by atoms with Gasteiger partial charge < -0.3 is 4.74 Å². The Hall–Kier alpha value is -2.13. The number of benzene rings is 1. The number of halogens is 4. The first-order valence-electron chi connectivity index (χ1n) is 6.54. The second-order valence-electron chi connectivity index (χ2n) is 4.38. The molecule has 0 unspecified atom stereocenters. The Bertz CT molecular complexity index is 777. The quantitative estimate of drug-likeness (QED) is 0.808. The summed E-state index contributed by atoms with van der Waals surface area (Å²) in [5.41, 5.74) is -1.25. The maximum atomic E-state index is 13.0. The molecule has 1 heterocycles. The van der Waals surface area contributed by atoms with Crippen LogP contribution in [-0.2, 0) is 10.9 Å². The van der Waals surface area contributed by atoms with Crippen molar-refractivity contribution in [1.29, 1.82) is 0 Å². The Labute approximate surface area is 143 Å². The molecule has 1 aromatic heterocycles. The molecule has 0 atom stereocenters. The van der Waals surface area contributed by atoms with E-state index in [1.165, 1.54) is 25.1 Å². The van der Waals surface area contributed by atoms with Crippen molar-refractivity contribution in [2.24, 2.45) is 0 Å². The third kappa shape index (κ3) is 4.24. The number of nitrogens with zero attached hydrogens (tertiary/aromatic N) is 1. The van der Waals surface area contributed by atoms with Crippen molar-refractivity contribution in [2.75, 3.05) is 11.9 Å². The lowest BCUT2D eigenvalue weighted by Gasteiger charge is -2.05. The number of rotatable bonds is 4. The number of esters is 1. The predicted molar refractivity (Wildman–Crippen MR) is 82.5 cm³/mol. The third-order valence-corrected chi connectivity index (χ3v) is 3.85. The minimum absolute atomic E-state index is 0.0851. The molecule has 0 saturated carbocycles. The van der Waals surface area contributed by atoms with Crippen LogP contribution in [0.1, 0.15) is 32.6 Å². The van der Waals surface area contributed by atoms with Gasteiger partial charge in [0.15, 0.2) is 10.8 Å². The molecule has 0 radical (unpaired) electrons. The fourth-order valence-electron chi connectivity index (χ4n) is 1.70. The van der Waals surface area contributed by atoms with Crippen molar-refractivity contribution < 1.29 is 27.5 Å². The summed E-state index contributed by atoms with van der Waals surface area (Å²) < 4.78 is 43.5. The molecule has 128 valence electrons. The fourth-order valence-corrected chi connectivity index (χ4v) is 2.76. The van der Waals surface area contributed by atoms with E-state index in [4.69, 9.17) is 11.6 Å². The molecule has 5 nitrogen and oxygen atoms in total. The zero-order chi connectivity index (χ0) is 17.9. The number of hydrogen-bond acceptors (Lipinski definition) is 5. The van der Waals surface area contributed by atoms with Crippen LogP contribution in [0.3, 0.4) is 0 Å². The summed E-state index contributed by atoms with van der Waals surface area (Å²) in [6, 6.07) is 5.85. The molecule has 24 heavy (non-hydrogen) atoms. The third-order valence-electron chi connectivity index (χ3n) is 2.66. The van der Waals surface area contributed by atoms with Crippen LogP contribution < -0.4 is 5.32 Å². The van der Waals surface area contributed by atoms with E-state index in [2.05, 4.69) is 15.0 Å². The van der Waals surface area contributed by atoms with Gasteiger partial charge in [0.05, 0.1) is 6.61 Å². The standard InChI is InChI=1S/C14H10ClF3N2O3S/c1-2-23-12(22)9-10(14(16,17)18)19-13(24-9)20-11(21)7-4-3-5-8(15)6-7/h3-6H,2H2,1H3,(H,19,20,21). The monoisotopic (exact) mass is 378 g/mol. The van der Waals surface area contributed by atoms with Gasteiger partial charge in [-0.3, -0.25) is 10.1 Å². The lowest BCUT2D eigenvalue weighted by Crippen LogP contribution is -2.14. The summed E-state index contributed by atoms with van der Waals surface area (Å²) in [5, 5.41) is 2.15. The summed E-state index contributed by atoms with van der Waals surface area (Å²) >= 11 is 6.15. The maximum Gasteiger partial charge on any atom is 0.435 e. The van der Waals surface area contributed by atoms with Gasteiger partial charge in [-0.05, 0) is 25.1 Å². The van der Waals surface area contributed by atoms with Gasteiger partial charge in [-0.2, -0.15) is 13.2 Å². The van der Waals surface area contributed by atoms with Crippen molar-refractivity contribution in [3.05, 3.63) is 45.4 Å². The smallest absolute Gasteiger partial charge is 0.435 e. The van der Waals surface area contributed by atoms with E-state index in [1.807, 2.05) is 0 Å². The van der Waals surface area contributed by atoms with Crippen molar-refractivity contribution in [2.45, 2.75) is 13.1 Å². The van der Waals surface area contributed by atoms with E-state index < -0.39 is 28.6 Å². The highest BCUT2D eigenvalue weighted by Crippen LogP contribution is 2.36. The molecule has 0 aliphatic carbocycles. The highest BCUT2D eigenvalue weighted by atomic mass is 35.5. The van der Waals surface area contributed by atoms with Crippen LogP contribution in [0.25, 0.3) is 0 Å². The number of carbonyl (C=O) groups excluding carboxylic acids is 2. The predicted octanol–water partition coefficient (Wildman–Crippen LogP) is 4.24. The molecular formula is C14H10ClF3N2O3S. The lowest BCUT2D eigenvalue weighted by atomic mass is 10.2. The highest BCUT2D eigenvalue weighted by Gasteiger charge is 2.40. The first-order chi connectivity index (χ1) is 11.2. The van der Waals surface area contributed by atoms with E-state index in [9.17, 15) is 22.8 Å². The minimum atomic E-state index is -4.85. The van der Waals surface area contributed by atoms with Gasteiger partial charge in [0.25, 0.3) is 5.91 Å². The highest BCUT2D eigenvalue weighted by molar-refractivity contribution is 7.17. The fraction of sp³-hybridized carbons (Fsp3) is 0.214. The van der Waals surface area contributed by atoms with Gasteiger partial charge in [-0.15, -0.1) is 0 Å². The summed E-state index contributed by atoms with van der Waals surface area (Å²) in [6.45, 7) is 1.38. The topological polar surface area (TPSA) is 68.3 Å². The van der Waals surface area contributed by atoms with E-state index >= 15 is 0 Å². The molecule has 0 bridgehead atoms. The number of carbonyl (C=O) groups is 2. The molecule has 0 spiro atoms. The average Bonchev–Trinajstić information content (AvgIpc) is 2.91. The molecule has 1 N–H and O–H groups in total. The molecular weight excluding hydrogens is 369 g/mol. The average molecular weight is 379 g/mol. The molecule has 0 aliphatic rings. The summed E-state index contributed by atoms with van der Waals surface area (Å²) in [6.07, 6.45) is -4.85. The lowest BCUT2D eigenvalue weighted by molar-refractivity contribution is -0.141. The molecule has 0 saturated heterocycles. The molecule has 0 aliphatic heterocycles. The van der Waals surface area contributed by atoms with Crippen molar-refractivity contribution in [1.82, 2.24) is 4.98 Å². The number of amides is 1. The maximum absolute atomic E-state index is 13.0. The number of aromatic nitrogens is 1. The Morgan fingerprint density at radius 3 is 2.67 bits per heavy atom. The van der Waals surface area contributed by atoms with E-state index in [0.717, 1.165) is 0 Å². The van der Waals surface area contributed by atoms with Gasteiger partial charge >= 0.3 is 12.1 Å². The molecule has 2 aromatic rings. The Morgan fingerprint density at radius 1 is 1.38 bits per heavy atom. The summed E-state index contributed by atoms with van der Waals surface area (Å²) in [4.78, 5) is 26.3. The zero-order valence-electron chi connectivity index (χ0n) is 12.1. The van der Waals surface area contributed by atoms with Crippen LogP contribution >= 0.6 is 22.9 Å². The Morgan fingerprint density at radius 2 is 2.08 bits per heavy atom. The normalized spacial score (nSPS) is 11.2. The van der Waals surface area contributed by atoms with Gasteiger partial charge in [-0.25, -0.2) is 9.78 Å². The number of thiazole rings is 1. The van der Waals surface area contributed by atoms with Gasteiger partial charge in [0.2, 0.25) is 0 Å². The second kappa shape index (κ2) is 7.18. The Balaban J connectivity index is 2.31. The van der Waals surface area contributed by atoms with Crippen LogP contribution in [0.4, 0.5) is 18.3 Å². The second-order valence-corrected chi connectivity index (χ2v) is 5.81. The van der Waals surface area contributed by atoms with Crippen LogP contribution in [0.15, 0.2) is 24.3 Å². The van der Waals surface area contributed by atoms with Crippen LogP contribution in [-0.4, -0.2) is 23.5 Å². The van der Waals surface area contributed by atoms with Crippen molar-refractivity contribution in [3.63, 3.8) is 0 Å². The van der Waals surface area contributed by atoms with Crippen LogP contribution in [0, 0.1) is 0 Å². The van der Waals surface area contributed by atoms with Crippen LogP contribution in [0.5, 0.6) is 0 Å². The van der Waals surface area contributed by atoms with Crippen molar-refractivity contribution in [3.8, 4) is 0 Å². The molecule has 2 rings (SSSR count). The van der Waals surface area contributed by atoms with Crippen LogP contribution in [0.2, 0.25) is 5.02 Å². The largest absolute Gasteiger partial charge is 0.462 e. The number of hydrogen-bond donors (Lipinski definition) is 1. The molecule has 1 amide bonds. The molecule has 1 aromatic carbocycles. The zero-order valence-corrected chi connectivity index (χ0v) is 13.7. The molecule has 0 fully saturated rings. The Kier molecular flexibility index (Phi) is 5.45. The molecule has 10 heteroatoms. The van der Waals surface area contributed by atoms with Gasteiger partial charge in [0.1, 0.15) is 4.88 Å². The van der Waals surface area contributed by atoms with Gasteiger partial charge in [0, 0.05) is 10.6 Å². The number of anilines is 1. The van der Waals surface area contributed by atoms with E-state index in [1.54, 1.807) is 6.07 Å². The van der Waals surface area contributed by atoms with Crippen molar-refractivity contribution >= 4 is 39.9 Å². The number of nitrogens with one attached hydrogen (secondary N) is 1. The minimum Gasteiger partial charge on any atom is -0.462 e. The van der Waals surface area contributed by atoms with E-state index in [0.29, 0.717) is 16.4 Å². The number of alkyl halides is 3. The summed E-state index contributed by atoms with van der Waals surface area (Å²) in [5.74, 6) is -1.85. The first-order valence-corrected chi connectivity index (χ1v) is 7.74. The number of ether oxygens (including phenoxy) is 1.